The van der Waals surface area contributed by atoms with E-state index in [0.717, 1.165) is 10.9 Å². The highest BCUT2D eigenvalue weighted by atomic mass is 16.5. The van der Waals surface area contributed by atoms with Crippen molar-refractivity contribution >= 4 is 22.8 Å². The molecule has 3 aromatic rings. The molecule has 0 saturated carbocycles. The Morgan fingerprint density at radius 2 is 1.90 bits per heavy atom. The standard InChI is InChI=1S/C23H25NO5/c1-14-5-6-17(9-15(14)2)16(3)24-22(25)13-29-23(26)10-18-12-28-21-11-19(27-4)7-8-20(18)21/h5-9,11-12,16H,10,13H2,1-4H3,(H,24,25)/t16-/m1/s1. The van der Waals surface area contributed by atoms with Crippen molar-refractivity contribution in [2.75, 3.05) is 13.7 Å². The Hall–Kier alpha value is -3.28. The lowest BCUT2D eigenvalue weighted by Gasteiger charge is -2.15. The number of fused-ring (bicyclic) bond motifs is 1. The van der Waals surface area contributed by atoms with Gasteiger partial charge < -0.3 is 19.2 Å². The molecule has 1 heterocycles. The molecular formula is C23H25NO5. The number of methoxy groups -OCH3 is 1. The van der Waals surface area contributed by atoms with Crippen molar-refractivity contribution in [2.45, 2.75) is 33.2 Å². The Morgan fingerprint density at radius 3 is 2.62 bits per heavy atom. The Labute approximate surface area is 169 Å². The van der Waals surface area contributed by atoms with Gasteiger partial charge in [-0.3, -0.25) is 9.59 Å². The quantitative estimate of drug-likeness (QED) is 0.612. The van der Waals surface area contributed by atoms with E-state index in [1.807, 2.05) is 45.0 Å². The number of rotatable bonds is 7. The first kappa shape index (κ1) is 20.5. The molecule has 0 unspecified atom stereocenters. The first-order chi connectivity index (χ1) is 13.9. The first-order valence-electron chi connectivity index (χ1n) is 9.43. The van der Waals surface area contributed by atoms with Gasteiger partial charge in [-0.15, -0.1) is 0 Å². The average molecular weight is 395 g/mol. The molecule has 0 aliphatic rings. The number of nitrogens with one attached hydrogen (secondary N) is 1. The second kappa shape index (κ2) is 8.82. The summed E-state index contributed by atoms with van der Waals surface area (Å²) in [5.41, 5.74) is 4.71. The van der Waals surface area contributed by atoms with Gasteiger partial charge in [0, 0.05) is 17.0 Å². The summed E-state index contributed by atoms with van der Waals surface area (Å²) in [6, 6.07) is 11.3. The summed E-state index contributed by atoms with van der Waals surface area (Å²) < 4.78 is 15.8. The van der Waals surface area contributed by atoms with Crippen molar-refractivity contribution in [3.8, 4) is 5.75 Å². The summed E-state index contributed by atoms with van der Waals surface area (Å²) >= 11 is 0. The zero-order valence-electron chi connectivity index (χ0n) is 17.1. The van der Waals surface area contributed by atoms with Gasteiger partial charge in [-0.05, 0) is 49.6 Å². The van der Waals surface area contributed by atoms with Crippen molar-refractivity contribution < 1.29 is 23.5 Å². The van der Waals surface area contributed by atoms with E-state index in [9.17, 15) is 9.59 Å². The molecule has 2 aromatic carbocycles. The van der Waals surface area contributed by atoms with Crippen LogP contribution >= 0.6 is 0 Å². The molecule has 6 nitrogen and oxygen atoms in total. The molecule has 1 amide bonds. The van der Waals surface area contributed by atoms with Crippen molar-refractivity contribution in [3.05, 3.63) is 64.9 Å². The Bertz CT molecular complexity index is 1040. The van der Waals surface area contributed by atoms with E-state index in [1.165, 1.54) is 17.4 Å². The van der Waals surface area contributed by atoms with Gasteiger partial charge >= 0.3 is 5.97 Å². The molecule has 1 atom stereocenters. The second-order valence-corrected chi connectivity index (χ2v) is 7.09. The lowest BCUT2D eigenvalue weighted by atomic mass is 10.0. The molecule has 0 spiro atoms. The van der Waals surface area contributed by atoms with Crippen molar-refractivity contribution in [2.24, 2.45) is 0 Å². The molecular weight excluding hydrogens is 370 g/mol. The number of aryl methyl sites for hydroxylation is 2. The predicted molar refractivity (Wildman–Crippen MR) is 110 cm³/mol. The second-order valence-electron chi connectivity index (χ2n) is 7.09. The molecule has 0 saturated heterocycles. The van der Waals surface area contributed by atoms with Gasteiger partial charge in [-0.25, -0.2) is 0 Å². The number of carbonyl (C=O) groups is 2. The van der Waals surface area contributed by atoms with E-state index < -0.39 is 5.97 Å². The van der Waals surface area contributed by atoms with Crippen LogP contribution in [-0.2, 0) is 20.7 Å². The van der Waals surface area contributed by atoms with E-state index in [1.54, 1.807) is 19.2 Å². The maximum atomic E-state index is 12.2. The van der Waals surface area contributed by atoms with Crippen molar-refractivity contribution in [1.82, 2.24) is 5.32 Å². The summed E-state index contributed by atoms with van der Waals surface area (Å²) in [6.07, 6.45) is 1.55. The van der Waals surface area contributed by atoms with Crippen LogP contribution in [0.3, 0.4) is 0 Å². The molecule has 0 bridgehead atoms. The maximum absolute atomic E-state index is 12.2. The van der Waals surface area contributed by atoms with E-state index in [4.69, 9.17) is 13.9 Å². The van der Waals surface area contributed by atoms with Crippen LogP contribution in [0.25, 0.3) is 11.0 Å². The molecule has 3 rings (SSSR count). The van der Waals surface area contributed by atoms with Crippen LogP contribution in [0.4, 0.5) is 0 Å². The monoisotopic (exact) mass is 395 g/mol. The molecule has 152 valence electrons. The van der Waals surface area contributed by atoms with Crippen LogP contribution < -0.4 is 10.1 Å². The number of esters is 1. The summed E-state index contributed by atoms with van der Waals surface area (Å²) in [6.45, 7) is 5.65. The topological polar surface area (TPSA) is 77.8 Å². The van der Waals surface area contributed by atoms with Crippen LogP contribution in [0.5, 0.6) is 5.75 Å². The molecule has 0 aliphatic carbocycles. The van der Waals surface area contributed by atoms with E-state index in [-0.39, 0.29) is 25.0 Å². The highest BCUT2D eigenvalue weighted by Crippen LogP contribution is 2.26. The third kappa shape index (κ3) is 4.96. The van der Waals surface area contributed by atoms with Gasteiger partial charge in [0.2, 0.25) is 0 Å². The number of furan rings is 1. The largest absolute Gasteiger partial charge is 0.497 e. The highest BCUT2D eigenvalue weighted by Gasteiger charge is 2.15. The van der Waals surface area contributed by atoms with E-state index in [0.29, 0.717) is 16.9 Å². The van der Waals surface area contributed by atoms with Gasteiger partial charge in [0.15, 0.2) is 6.61 Å². The van der Waals surface area contributed by atoms with Gasteiger partial charge in [0.25, 0.3) is 5.91 Å². The first-order valence-corrected chi connectivity index (χ1v) is 9.43. The molecule has 0 fully saturated rings. The fourth-order valence-electron chi connectivity index (χ4n) is 3.08. The maximum Gasteiger partial charge on any atom is 0.310 e. The zero-order chi connectivity index (χ0) is 21.0. The van der Waals surface area contributed by atoms with Gasteiger partial charge in [0.1, 0.15) is 11.3 Å². The average Bonchev–Trinajstić information content (AvgIpc) is 3.10. The molecule has 1 aromatic heterocycles. The molecule has 6 heteroatoms. The van der Waals surface area contributed by atoms with Crippen LogP contribution in [-0.4, -0.2) is 25.6 Å². The summed E-state index contributed by atoms with van der Waals surface area (Å²) in [7, 11) is 1.58. The third-order valence-corrected chi connectivity index (χ3v) is 4.97. The number of amides is 1. The minimum Gasteiger partial charge on any atom is -0.497 e. The summed E-state index contributed by atoms with van der Waals surface area (Å²) in [5.74, 6) is -0.154. The minimum atomic E-state index is -0.488. The number of hydrogen-bond acceptors (Lipinski definition) is 5. The van der Waals surface area contributed by atoms with Gasteiger partial charge in [0.05, 0.1) is 25.8 Å². The smallest absolute Gasteiger partial charge is 0.310 e. The third-order valence-electron chi connectivity index (χ3n) is 4.97. The number of ether oxygens (including phenoxy) is 2. The Kier molecular flexibility index (Phi) is 6.22. The lowest BCUT2D eigenvalue weighted by molar-refractivity contribution is -0.148. The molecule has 29 heavy (non-hydrogen) atoms. The van der Waals surface area contributed by atoms with Crippen molar-refractivity contribution in [1.29, 1.82) is 0 Å². The fourth-order valence-corrected chi connectivity index (χ4v) is 3.08. The Morgan fingerprint density at radius 1 is 1.10 bits per heavy atom. The molecule has 0 aliphatic heterocycles. The highest BCUT2D eigenvalue weighted by molar-refractivity contribution is 5.87. The summed E-state index contributed by atoms with van der Waals surface area (Å²) in [5, 5.41) is 3.67. The SMILES string of the molecule is COc1ccc2c(CC(=O)OCC(=O)N[C@H](C)c3ccc(C)c(C)c3)coc2c1. The normalized spacial score (nSPS) is 11.9. The number of hydrogen-bond donors (Lipinski definition) is 1. The lowest BCUT2D eigenvalue weighted by Crippen LogP contribution is -2.31. The van der Waals surface area contributed by atoms with Gasteiger partial charge in [-0.1, -0.05) is 18.2 Å². The summed E-state index contributed by atoms with van der Waals surface area (Å²) in [4.78, 5) is 24.3. The number of benzene rings is 2. The van der Waals surface area contributed by atoms with E-state index in [2.05, 4.69) is 5.32 Å². The molecule has 0 radical (unpaired) electrons. The predicted octanol–water partition coefficient (Wildman–Crippen LogP) is 4.02. The zero-order valence-corrected chi connectivity index (χ0v) is 17.1. The van der Waals surface area contributed by atoms with Crippen LogP contribution in [0.2, 0.25) is 0 Å². The van der Waals surface area contributed by atoms with Crippen LogP contribution in [0, 0.1) is 13.8 Å². The number of carbonyl (C=O) groups excluding carboxylic acids is 2. The Balaban J connectivity index is 1.52. The molecule has 1 N–H and O–H groups in total. The van der Waals surface area contributed by atoms with E-state index >= 15 is 0 Å². The van der Waals surface area contributed by atoms with Crippen molar-refractivity contribution in [3.63, 3.8) is 0 Å². The van der Waals surface area contributed by atoms with Gasteiger partial charge in [-0.2, -0.15) is 0 Å². The fraction of sp³-hybridized carbons (Fsp3) is 0.304. The van der Waals surface area contributed by atoms with Crippen LogP contribution in [0.15, 0.2) is 47.1 Å². The van der Waals surface area contributed by atoms with Crippen LogP contribution in [0.1, 0.15) is 35.2 Å². The minimum absolute atomic E-state index is 0.0271.